The van der Waals surface area contributed by atoms with Gasteiger partial charge >= 0.3 is 0 Å². The smallest absolute Gasteiger partial charge is 0.255 e. The summed E-state index contributed by atoms with van der Waals surface area (Å²) >= 11 is 15.1. The number of hydrogen-bond acceptors (Lipinski definition) is 3. The molecule has 0 aliphatic rings. The van der Waals surface area contributed by atoms with Crippen molar-refractivity contribution in [1.82, 2.24) is 5.32 Å². The highest BCUT2D eigenvalue weighted by atomic mass is 35.5. The topological polar surface area (TPSA) is 49.3 Å². The zero-order valence-electron chi connectivity index (χ0n) is 6.92. The van der Waals surface area contributed by atoms with Crippen molar-refractivity contribution in [3.63, 3.8) is 0 Å². The number of benzene rings is 1. The molecule has 0 aliphatic heterocycles. The molecule has 2 N–H and O–H groups in total. The van der Waals surface area contributed by atoms with Crippen molar-refractivity contribution in [2.24, 2.45) is 0 Å². The highest BCUT2D eigenvalue weighted by molar-refractivity contribution is 7.80. The Hall–Kier alpha value is -0.580. The van der Waals surface area contributed by atoms with E-state index >= 15 is 0 Å². The molecular formula is C8H7Cl2NO2S. The van der Waals surface area contributed by atoms with Gasteiger partial charge in [0.2, 0.25) is 0 Å². The van der Waals surface area contributed by atoms with Gasteiger partial charge in [-0.25, -0.2) is 0 Å². The molecule has 0 radical (unpaired) electrons. The molecule has 0 bridgehead atoms. The van der Waals surface area contributed by atoms with Crippen molar-refractivity contribution < 1.29 is 9.90 Å². The lowest BCUT2D eigenvalue weighted by Gasteiger charge is -2.06. The summed E-state index contributed by atoms with van der Waals surface area (Å²) in [6.45, 7) is 0. The van der Waals surface area contributed by atoms with E-state index in [1.54, 1.807) is 0 Å². The minimum Gasteiger partial charge on any atom is -0.506 e. The second kappa shape index (κ2) is 4.77. The SMILES string of the molecule is O=C(NCS)c1cc(Cl)cc(Cl)c1O. The molecule has 1 amide bonds. The Morgan fingerprint density at radius 1 is 1.50 bits per heavy atom. The molecule has 0 atom stereocenters. The molecule has 14 heavy (non-hydrogen) atoms. The molecule has 1 rings (SSSR count). The molecule has 6 heteroatoms. The number of rotatable bonds is 2. The van der Waals surface area contributed by atoms with Crippen molar-refractivity contribution in [1.29, 1.82) is 0 Å². The molecule has 0 aliphatic carbocycles. The van der Waals surface area contributed by atoms with E-state index in [0.717, 1.165) is 0 Å². The maximum absolute atomic E-state index is 11.3. The van der Waals surface area contributed by atoms with Gasteiger partial charge in [0.1, 0.15) is 5.75 Å². The minimum absolute atomic E-state index is 0.0385. The predicted octanol–water partition coefficient (Wildman–Crippen LogP) is 2.32. The summed E-state index contributed by atoms with van der Waals surface area (Å²) in [7, 11) is 0. The van der Waals surface area contributed by atoms with Crippen molar-refractivity contribution in [3.05, 3.63) is 27.7 Å². The van der Waals surface area contributed by atoms with E-state index in [4.69, 9.17) is 23.2 Å². The van der Waals surface area contributed by atoms with Gasteiger partial charge in [-0.3, -0.25) is 4.79 Å². The lowest BCUT2D eigenvalue weighted by molar-refractivity contribution is 0.0958. The lowest BCUT2D eigenvalue weighted by atomic mass is 10.2. The van der Waals surface area contributed by atoms with E-state index in [1.165, 1.54) is 12.1 Å². The van der Waals surface area contributed by atoms with E-state index in [2.05, 4.69) is 17.9 Å². The van der Waals surface area contributed by atoms with Crippen molar-refractivity contribution in [2.45, 2.75) is 0 Å². The predicted molar refractivity (Wildman–Crippen MR) is 59.4 cm³/mol. The number of phenolic OH excluding ortho intramolecular Hbond substituents is 1. The Bertz CT molecular complexity index is 371. The van der Waals surface area contributed by atoms with Gasteiger partial charge in [-0.1, -0.05) is 23.2 Å². The summed E-state index contributed by atoms with van der Waals surface area (Å²) in [6.07, 6.45) is 0. The molecule has 1 aromatic rings. The number of hydrogen-bond donors (Lipinski definition) is 3. The minimum atomic E-state index is -0.470. The largest absolute Gasteiger partial charge is 0.506 e. The molecule has 0 spiro atoms. The fourth-order valence-electron chi connectivity index (χ4n) is 0.906. The van der Waals surface area contributed by atoms with Crippen LogP contribution in [-0.2, 0) is 0 Å². The number of amides is 1. The molecular weight excluding hydrogens is 245 g/mol. The van der Waals surface area contributed by atoms with Crippen molar-refractivity contribution in [3.8, 4) is 5.75 Å². The van der Waals surface area contributed by atoms with Crippen LogP contribution in [0.1, 0.15) is 10.4 Å². The number of carbonyl (C=O) groups excluding carboxylic acids is 1. The van der Waals surface area contributed by atoms with Gasteiger partial charge in [-0.05, 0) is 12.1 Å². The first-order valence-corrected chi connectivity index (χ1v) is 5.02. The van der Waals surface area contributed by atoms with Crippen LogP contribution in [-0.4, -0.2) is 16.9 Å². The van der Waals surface area contributed by atoms with Gasteiger partial charge in [0.15, 0.2) is 0 Å². The van der Waals surface area contributed by atoms with E-state index in [0.29, 0.717) is 0 Å². The molecule has 0 heterocycles. The molecule has 76 valence electrons. The van der Waals surface area contributed by atoms with Gasteiger partial charge < -0.3 is 10.4 Å². The second-order valence-corrected chi connectivity index (χ2v) is 3.61. The first-order valence-electron chi connectivity index (χ1n) is 3.63. The molecule has 3 nitrogen and oxygen atoms in total. The summed E-state index contributed by atoms with van der Waals surface area (Å²) in [5.41, 5.74) is 0.0385. The van der Waals surface area contributed by atoms with Gasteiger partial charge in [0.25, 0.3) is 5.91 Å². The van der Waals surface area contributed by atoms with Crippen LogP contribution in [0.5, 0.6) is 5.75 Å². The highest BCUT2D eigenvalue weighted by Gasteiger charge is 2.14. The van der Waals surface area contributed by atoms with Crippen LogP contribution in [0, 0.1) is 0 Å². The quantitative estimate of drug-likeness (QED) is 0.558. The molecule has 0 unspecified atom stereocenters. The third-order valence-corrected chi connectivity index (χ3v) is 2.18. The van der Waals surface area contributed by atoms with Gasteiger partial charge in [0.05, 0.1) is 16.5 Å². The summed E-state index contributed by atoms with van der Waals surface area (Å²) in [6, 6.07) is 2.69. The average molecular weight is 252 g/mol. The summed E-state index contributed by atoms with van der Waals surface area (Å²) in [5, 5.41) is 12.2. The zero-order valence-corrected chi connectivity index (χ0v) is 9.33. The van der Waals surface area contributed by atoms with Crippen LogP contribution < -0.4 is 5.32 Å². The van der Waals surface area contributed by atoms with Crippen LogP contribution >= 0.6 is 35.8 Å². The number of aromatic hydroxyl groups is 1. The molecule has 0 saturated carbocycles. The van der Waals surface area contributed by atoms with Crippen LogP contribution in [0.3, 0.4) is 0 Å². The van der Waals surface area contributed by atoms with Gasteiger partial charge in [-0.15, -0.1) is 0 Å². The fraction of sp³-hybridized carbons (Fsp3) is 0.125. The monoisotopic (exact) mass is 251 g/mol. The van der Waals surface area contributed by atoms with Crippen LogP contribution in [0.25, 0.3) is 0 Å². The van der Waals surface area contributed by atoms with E-state index < -0.39 is 5.91 Å². The standard InChI is InChI=1S/C8H7Cl2NO2S/c9-4-1-5(8(13)11-3-14)7(12)6(10)2-4/h1-2,12,14H,3H2,(H,11,13). The summed E-state index contributed by atoms with van der Waals surface area (Å²) in [5.74, 6) is -0.583. The van der Waals surface area contributed by atoms with E-state index in [1.807, 2.05) is 0 Å². The lowest BCUT2D eigenvalue weighted by Crippen LogP contribution is -2.21. The summed E-state index contributed by atoms with van der Waals surface area (Å²) in [4.78, 5) is 11.3. The highest BCUT2D eigenvalue weighted by Crippen LogP contribution is 2.30. The fourth-order valence-corrected chi connectivity index (χ4v) is 1.54. The molecule has 1 aromatic carbocycles. The Morgan fingerprint density at radius 3 is 2.71 bits per heavy atom. The Labute approximate surface area is 96.4 Å². The Morgan fingerprint density at radius 2 is 2.14 bits per heavy atom. The first-order chi connectivity index (χ1) is 6.56. The van der Waals surface area contributed by atoms with Crippen LogP contribution in [0.15, 0.2) is 12.1 Å². The normalized spacial score (nSPS) is 9.93. The molecule has 0 aromatic heterocycles. The van der Waals surface area contributed by atoms with Crippen molar-refractivity contribution in [2.75, 3.05) is 5.88 Å². The number of nitrogens with one attached hydrogen (secondary N) is 1. The first kappa shape index (κ1) is 11.5. The third-order valence-electron chi connectivity index (χ3n) is 1.51. The zero-order chi connectivity index (χ0) is 10.7. The number of halogens is 2. The number of thiol groups is 1. The maximum Gasteiger partial charge on any atom is 0.255 e. The molecule has 0 saturated heterocycles. The average Bonchev–Trinajstić information content (AvgIpc) is 2.11. The molecule has 0 fully saturated rings. The van der Waals surface area contributed by atoms with E-state index in [9.17, 15) is 9.90 Å². The summed E-state index contributed by atoms with van der Waals surface area (Å²) < 4.78 is 0. The maximum atomic E-state index is 11.3. The number of phenols is 1. The van der Waals surface area contributed by atoms with Crippen LogP contribution in [0.2, 0.25) is 10.0 Å². The van der Waals surface area contributed by atoms with E-state index in [-0.39, 0.29) is 27.2 Å². The number of carbonyl (C=O) groups is 1. The van der Waals surface area contributed by atoms with Gasteiger partial charge in [0, 0.05) is 5.02 Å². The van der Waals surface area contributed by atoms with Crippen LogP contribution in [0.4, 0.5) is 0 Å². The second-order valence-electron chi connectivity index (χ2n) is 2.45. The van der Waals surface area contributed by atoms with Gasteiger partial charge in [-0.2, -0.15) is 12.6 Å². The Kier molecular flexibility index (Phi) is 3.92. The Balaban J connectivity index is 3.13. The van der Waals surface area contributed by atoms with Crippen molar-refractivity contribution >= 4 is 41.7 Å². The third kappa shape index (κ3) is 2.47.